The standard InChI is InChI=1S/C17H25NO/c1-2-16-12-18-13-17(19-16)10-8-15(9-11-17)14-6-4-3-5-7-14/h3-7,15-16,18H,2,8-13H2,1H3. The quantitative estimate of drug-likeness (QED) is 0.878. The summed E-state index contributed by atoms with van der Waals surface area (Å²) in [5, 5.41) is 3.58. The van der Waals surface area contributed by atoms with Crippen molar-refractivity contribution >= 4 is 0 Å². The van der Waals surface area contributed by atoms with Gasteiger partial charge in [-0.1, -0.05) is 37.3 Å². The van der Waals surface area contributed by atoms with E-state index in [1.54, 1.807) is 0 Å². The minimum absolute atomic E-state index is 0.129. The highest BCUT2D eigenvalue weighted by Crippen LogP contribution is 2.41. The van der Waals surface area contributed by atoms with Gasteiger partial charge in [0.05, 0.1) is 11.7 Å². The van der Waals surface area contributed by atoms with E-state index < -0.39 is 0 Å². The van der Waals surface area contributed by atoms with Crippen LogP contribution in [0.15, 0.2) is 30.3 Å². The van der Waals surface area contributed by atoms with E-state index in [-0.39, 0.29) is 5.60 Å². The maximum atomic E-state index is 6.39. The summed E-state index contributed by atoms with van der Waals surface area (Å²) in [5.74, 6) is 0.734. The predicted molar refractivity (Wildman–Crippen MR) is 78.4 cm³/mol. The summed E-state index contributed by atoms with van der Waals surface area (Å²) in [6.07, 6.45) is 6.48. The van der Waals surface area contributed by atoms with Gasteiger partial charge in [0.2, 0.25) is 0 Å². The molecule has 1 aliphatic carbocycles. The third-order valence-corrected chi connectivity index (χ3v) is 4.86. The van der Waals surface area contributed by atoms with E-state index in [2.05, 4.69) is 42.6 Å². The monoisotopic (exact) mass is 259 g/mol. The van der Waals surface area contributed by atoms with Crippen LogP contribution in [0.25, 0.3) is 0 Å². The summed E-state index contributed by atoms with van der Waals surface area (Å²) in [6.45, 7) is 4.30. The minimum atomic E-state index is 0.129. The Morgan fingerprint density at radius 1 is 1.21 bits per heavy atom. The van der Waals surface area contributed by atoms with Crippen molar-refractivity contribution in [1.29, 1.82) is 0 Å². The highest BCUT2D eigenvalue weighted by Gasteiger charge is 2.40. The second-order valence-corrected chi connectivity index (χ2v) is 6.15. The summed E-state index contributed by atoms with van der Waals surface area (Å²) < 4.78 is 6.39. The molecule has 19 heavy (non-hydrogen) atoms. The van der Waals surface area contributed by atoms with Gasteiger partial charge in [-0.3, -0.25) is 0 Å². The summed E-state index contributed by atoms with van der Waals surface area (Å²) in [5.41, 5.74) is 1.64. The van der Waals surface area contributed by atoms with Gasteiger partial charge in [-0.05, 0) is 43.6 Å². The van der Waals surface area contributed by atoms with E-state index in [0.717, 1.165) is 25.4 Å². The van der Waals surface area contributed by atoms with E-state index in [9.17, 15) is 0 Å². The van der Waals surface area contributed by atoms with Crippen LogP contribution in [-0.2, 0) is 4.74 Å². The Kier molecular flexibility index (Phi) is 3.90. The lowest BCUT2D eigenvalue weighted by Gasteiger charge is -2.46. The molecule has 3 rings (SSSR count). The zero-order chi connectivity index (χ0) is 13.1. The van der Waals surface area contributed by atoms with Crippen LogP contribution in [-0.4, -0.2) is 24.8 Å². The summed E-state index contributed by atoms with van der Waals surface area (Å²) in [6, 6.07) is 11.0. The molecule has 0 radical (unpaired) electrons. The normalized spacial score (nSPS) is 35.4. The van der Waals surface area contributed by atoms with E-state index in [0.29, 0.717) is 6.10 Å². The van der Waals surface area contributed by atoms with Crippen LogP contribution in [0.3, 0.4) is 0 Å². The maximum absolute atomic E-state index is 6.39. The molecule has 1 unspecified atom stereocenters. The van der Waals surface area contributed by atoms with Gasteiger partial charge in [-0.15, -0.1) is 0 Å². The molecule has 2 aliphatic rings. The van der Waals surface area contributed by atoms with Crippen molar-refractivity contribution in [2.75, 3.05) is 13.1 Å². The third-order valence-electron chi connectivity index (χ3n) is 4.86. The molecule has 1 aromatic rings. The molecule has 1 heterocycles. The molecule has 2 nitrogen and oxygen atoms in total. The number of ether oxygens (including phenoxy) is 1. The zero-order valence-electron chi connectivity index (χ0n) is 11.9. The van der Waals surface area contributed by atoms with E-state index in [1.165, 1.54) is 31.2 Å². The van der Waals surface area contributed by atoms with E-state index >= 15 is 0 Å². The van der Waals surface area contributed by atoms with Crippen molar-refractivity contribution in [2.45, 2.75) is 56.7 Å². The summed E-state index contributed by atoms with van der Waals surface area (Å²) >= 11 is 0. The molecule has 1 aromatic carbocycles. The first-order valence-corrected chi connectivity index (χ1v) is 7.75. The van der Waals surface area contributed by atoms with Crippen LogP contribution in [0.2, 0.25) is 0 Å². The Morgan fingerprint density at radius 3 is 2.63 bits per heavy atom. The second-order valence-electron chi connectivity index (χ2n) is 6.15. The SMILES string of the molecule is CCC1CNCC2(CCC(c3ccccc3)CC2)O1. The topological polar surface area (TPSA) is 21.3 Å². The molecule has 1 saturated heterocycles. The highest BCUT2D eigenvalue weighted by atomic mass is 16.5. The molecule has 1 spiro atoms. The van der Waals surface area contributed by atoms with Gasteiger partial charge in [0, 0.05) is 13.1 Å². The molecule has 0 amide bonds. The molecular weight excluding hydrogens is 234 g/mol. The minimum Gasteiger partial charge on any atom is -0.369 e. The predicted octanol–water partition coefficient (Wildman–Crippen LogP) is 3.48. The molecule has 1 N–H and O–H groups in total. The Morgan fingerprint density at radius 2 is 1.95 bits per heavy atom. The molecule has 0 bridgehead atoms. The number of rotatable bonds is 2. The molecule has 2 heteroatoms. The van der Waals surface area contributed by atoms with Crippen molar-refractivity contribution in [3.05, 3.63) is 35.9 Å². The maximum Gasteiger partial charge on any atom is 0.0811 e. The van der Waals surface area contributed by atoms with Gasteiger partial charge in [0.25, 0.3) is 0 Å². The average Bonchev–Trinajstić information content (AvgIpc) is 2.49. The average molecular weight is 259 g/mol. The van der Waals surface area contributed by atoms with Gasteiger partial charge < -0.3 is 10.1 Å². The van der Waals surface area contributed by atoms with Gasteiger partial charge in [0.1, 0.15) is 0 Å². The smallest absolute Gasteiger partial charge is 0.0811 e. The second kappa shape index (κ2) is 5.64. The number of benzene rings is 1. The zero-order valence-corrected chi connectivity index (χ0v) is 11.9. The van der Waals surface area contributed by atoms with E-state index in [1.807, 2.05) is 0 Å². The van der Waals surface area contributed by atoms with Gasteiger partial charge in [-0.25, -0.2) is 0 Å². The molecule has 1 aliphatic heterocycles. The number of hydrogen-bond acceptors (Lipinski definition) is 2. The fraction of sp³-hybridized carbons (Fsp3) is 0.647. The first kappa shape index (κ1) is 13.1. The molecule has 104 valence electrons. The largest absolute Gasteiger partial charge is 0.369 e. The van der Waals surface area contributed by atoms with Gasteiger partial charge in [-0.2, -0.15) is 0 Å². The van der Waals surface area contributed by atoms with Gasteiger partial charge >= 0.3 is 0 Å². The number of morpholine rings is 1. The first-order valence-electron chi connectivity index (χ1n) is 7.75. The lowest BCUT2D eigenvalue weighted by molar-refractivity contribution is -0.135. The molecule has 1 atom stereocenters. The third kappa shape index (κ3) is 2.85. The molecule has 0 aromatic heterocycles. The van der Waals surface area contributed by atoms with Crippen LogP contribution < -0.4 is 5.32 Å². The molecule has 1 saturated carbocycles. The van der Waals surface area contributed by atoms with Crippen molar-refractivity contribution in [1.82, 2.24) is 5.32 Å². The van der Waals surface area contributed by atoms with Gasteiger partial charge in [0.15, 0.2) is 0 Å². The van der Waals surface area contributed by atoms with E-state index in [4.69, 9.17) is 4.74 Å². The number of nitrogens with one attached hydrogen (secondary N) is 1. The van der Waals surface area contributed by atoms with Crippen LogP contribution in [0.4, 0.5) is 0 Å². The Labute approximate surface area is 116 Å². The van der Waals surface area contributed by atoms with Crippen LogP contribution in [0.5, 0.6) is 0 Å². The molecule has 2 fully saturated rings. The van der Waals surface area contributed by atoms with Crippen molar-refractivity contribution in [3.63, 3.8) is 0 Å². The molecular formula is C17H25NO. The Bertz CT molecular complexity index is 395. The van der Waals surface area contributed by atoms with Crippen molar-refractivity contribution in [2.24, 2.45) is 0 Å². The fourth-order valence-corrected chi connectivity index (χ4v) is 3.62. The highest BCUT2D eigenvalue weighted by molar-refractivity contribution is 5.20. The van der Waals surface area contributed by atoms with Crippen LogP contribution >= 0.6 is 0 Å². The summed E-state index contributed by atoms with van der Waals surface area (Å²) in [7, 11) is 0. The van der Waals surface area contributed by atoms with Crippen molar-refractivity contribution in [3.8, 4) is 0 Å². The lowest BCUT2D eigenvalue weighted by atomic mass is 9.75. The fourth-order valence-electron chi connectivity index (χ4n) is 3.62. The van der Waals surface area contributed by atoms with Crippen LogP contribution in [0, 0.1) is 0 Å². The Balaban J connectivity index is 1.63. The summed E-state index contributed by atoms with van der Waals surface area (Å²) in [4.78, 5) is 0. The Hall–Kier alpha value is -0.860. The first-order chi connectivity index (χ1) is 9.31. The van der Waals surface area contributed by atoms with Crippen molar-refractivity contribution < 1.29 is 4.74 Å². The number of hydrogen-bond donors (Lipinski definition) is 1. The van der Waals surface area contributed by atoms with Crippen LogP contribution in [0.1, 0.15) is 50.5 Å². The lowest BCUT2D eigenvalue weighted by Crippen LogP contribution is -2.55.